The number of carbonyl (C=O) groups excluding carboxylic acids is 1. The maximum Gasteiger partial charge on any atom is 0.284 e. The molecule has 0 aromatic heterocycles. The first-order valence-corrected chi connectivity index (χ1v) is 4.47. The largest absolute Gasteiger partial charge is 0.376 e. The minimum atomic E-state index is -0.867. The summed E-state index contributed by atoms with van der Waals surface area (Å²) in [5.41, 5.74) is 9.96. The molecule has 0 atom stereocenters. The van der Waals surface area contributed by atoms with Crippen LogP contribution in [0.15, 0.2) is 18.2 Å². The number of hydrogen-bond donors (Lipinski definition) is 3. The van der Waals surface area contributed by atoms with Gasteiger partial charge in [0.2, 0.25) is 0 Å². The molecule has 0 spiro atoms. The predicted molar refractivity (Wildman–Crippen MR) is 62.0 cm³/mol. The predicted octanol–water partition coefficient (Wildman–Crippen LogP) is 0.349. The van der Waals surface area contributed by atoms with E-state index in [0.29, 0.717) is 5.69 Å². The summed E-state index contributed by atoms with van der Waals surface area (Å²) < 4.78 is 0. The molecule has 0 unspecified atom stereocenters. The van der Waals surface area contributed by atoms with E-state index >= 15 is 0 Å². The number of amides is 1. The third-order valence-corrected chi connectivity index (χ3v) is 1.83. The molecule has 1 rings (SSSR count). The Bertz CT molecular complexity index is 474. The van der Waals surface area contributed by atoms with E-state index in [0.717, 1.165) is 6.07 Å². The Labute approximate surface area is 95.6 Å². The Kier molecular flexibility index (Phi) is 3.36. The number of nitro benzene ring substituents is 1. The molecule has 1 aromatic carbocycles. The Hall–Kier alpha value is -2.22. The van der Waals surface area contributed by atoms with Crippen LogP contribution in [0.1, 0.15) is 10.4 Å². The number of carbonyl (C=O) groups is 1. The van der Waals surface area contributed by atoms with Crippen molar-refractivity contribution in [3.05, 3.63) is 33.9 Å². The van der Waals surface area contributed by atoms with E-state index in [9.17, 15) is 14.9 Å². The Balaban J connectivity index is 3.22. The van der Waals surface area contributed by atoms with Crippen LogP contribution < -0.4 is 16.8 Å². The molecule has 7 nitrogen and oxygen atoms in total. The number of nitro groups is 1. The molecule has 0 heterocycles. The molecular formula is C8H8N4O3S. The van der Waals surface area contributed by atoms with Gasteiger partial charge < -0.3 is 16.8 Å². The van der Waals surface area contributed by atoms with Gasteiger partial charge in [0.15, 0.2) is 5.11 Å². The maximum absolute atomic E-state index is 10.9. The maximum atomic E-state index is 10.9. The second-order valence-electron chi connectivity index (χ2n) is 2.84. The lowest BCUT2D eigenvalue weighted by Gasteiger charge is -2.04. The molecule has 0 bridgehead atoms. The third-order valence-electron chi connectivity index (χ3n) is 1.73. The van der Waals surface area contributed by atoms with Gasteiger partial charge in [0.25, 0.3) is 11.6 Å². The van der Waals surface area contributed by atoms with Gasteiger partial charge in [-0.2, -0.15) is 0 Å². The summed E-state index contributed by atoms with van der Waals surface area (Å²) in [6.45, 7) is 0. The molecule has 84 valence electrons. The second-order valence-corrected chi connectivity index (χ2v) is 3.28. The highest BCUT2D eigenvalue weighted by Crippen LogP contribution is 2.22. The summed E-state index contributed by atoms with van der Waals surface area (Å²) in [7, 11) is 0. The average molecular weight is 240 g/mol. The highest BCUT2D eigenvalue weighted by atomic mass is 32.1. The van der Waals surface area contributed by atoms with Crippen molar-refractivity contribution < 1.29 is 9.72 Å². The van der Waals surface area contributed by atoms with Crippen molar-refractivity contribution in [3.63, 3.8) is 0 Å². The summed E-state index contributed by atoms with van der Waals surface area (Å²) in [4.78, 5) is 20.9. The molecule has 0 aliphatic carbocycles. The zero-order valence-corrected chi connectivity index (χ0v) is 8.78. The lowest BCUT2D eigenvalue weighted by Crippen LogP contribution is -2.19. The van der Waals surface area contributed by atoms with E-state index < -0.39 is 16.5 Å². The van der Waals surface area contributed by atoms with Crippen LogP contribution in [0.25, 0.3) is 0 Å². The number of thiocarbonyl (C=S) groups is 1. The van der Waals surface area contributed by atoms with Crippen molar-refractivity contribution in [2.24, 2.45) is 11.5 Å². The van der Waals surface area contributed by atoms with Crippen LogP contribution >= 0.6 is 12.2 Å². The molecule has 5 N–H and O–H groups in total. The fraction of sp³-hybridized carbons (Fsp3) is 0. The SMILES string of the molecule is NC(=O)c1ccc(NC(N)=S)cc1[N+](=O)[O-]. The number of anilines is 1. The minimum absolute atomic E-state index is 0.0267. The summed E-state index contributed by atoms with van der Waals surface area (Å²) in [5, 5.41) is 13.2. The van der Waals surface area contributed by atoms with Gasteiger partial charge in [-0.15, -0.1) is 0 Å². The second kappa shape index (κ2) is 4.53. The molecule has 1 amide bonds. The Morgan fingerprint density at radius 2 is 2.06 bits per heavy atom. The van der Waals surface area contributed by atoms with Crippen LogP contribution in [0.2, 0.25) is 0 Å². The molecule has 16 heavy (non-hydrogen) atoms. The number of nitrogens with two attached hydrogens (primary N) is 2. The van der Waals surface area contributed by atoms with Gasteiger partial charge >= 0.3 is 0 Å². The van der Waals surface area contributed by atoms with Crippen LogP contribution in [0.5, 0.6) is 0 Å². The first-order valence-electron chi connectivity index (χ1n) is 4.06. The van der Waals surface area contributed by atoms with Crippen molar-refractivity contribution in [1.82, 2.24) is 0 Å². The zero-order valence-electron chi connectivity index (χ0n) is 7.97. The third kappa shape index (κ3) is 2.64. The van der Waals surface area contributed by atoms with Gasteiger partial charge in [-0.05, 0) is 24.4 Å². The first kappa shape index (κ1) is 11.9. The minimum Gasteiger partial charge on any atom is -0.376 e. The topological polar surface area (TPSA) is 124 Å². The summed E-state index contributed by atoms with van der Waals surface area (Å²) in [5.74, 6) is -0.867. The number of primary amides is 1. The molecule has 8 heteroatoms. The smallest absolute Gasteiger partial charge is 0.284 e. The summed E-state index contributed by atoms with van der Waals surface area (Å²) in [6.07, 6.45) is 0. The first-order chi connectivity index (χ1) is 7.41. The molecule has 0 saturated carbocycles. The van der Waals surface area contributed by atoms with Crippen molar-refractivity contribution in [1.29, 1.82) is 0 Å². The molecule has 0 saturated heterocycles. The van der Waals surface area contributed by atoms with Gasteiger partial charge in [-0.25, -0.2) is 0 Å². The summed E-state index contributed by atoms with van der Waals surface area (Å²) >= 11 is 4.58. The van der Waals surface area contributed by atoms with Crippen LogP contribution in [-0.2, 0) is 0 Å². The Morgan fingerprint density at radius 3 is 2.50 bits per heavy atom. The van der Waals surface area contributed by atoms with Crippen LogP contribution in [-0.4, -0.2) is 15.9 Å². The van der Waals surface area contributed by atoms with E-state index in [2.05, 4.69) is 17.5 Å². The van der Waals surface area contributed by atoms with E-state index in [1.54, 1.807) is 0 Å². The standard InChI is InChI=1S/C8H8N4O3S/c9-7(13)5-2-1-4(11-8(10)16)3-6(5)12(14)15/h1-3H,(H2,9,13)(H3,10,11,16). The van der Waals surface area contributed by atoms with E-state index in [-0.39, 0.29) is 10.7 Å². The highest BCUT2D eigenvalue weighted by Gasteiger charge is 2.18. The highest BCUT2D eigenvalue weighted by molar-refractivity contribution is 7.80. The van der Waals surface area contributed by atoms with Gasteiger partial charge in [-0.1, -0.05) is 0 Å². The lowest BCUT2D eigenvalue weighted by atomic mass is 10.1. The molecular weight excluding hydrogens is 232 g/mol. The van der Waals surface area contributed by atoms with Crippen molar-refractivity contribution in [2.45, 2.75) is 0 Å². The van der Waals surface area contributed by atoms with E-state index in [1.807, 2.05) is 0 Å². The number of nitrogens with one attached hydrogen (secondary N) is 1. The molecule has 1 aromatic rings. The van der Waals surface area contributed by atoms with Gasteiger partial charge in [-0.3, -0.25) is 14.9 Å². The van der Waals surface area contributed by atoms with E-state index in [1.165, 1.54) is 12.1 Å². The number of rotatable bonds is 3. The fourth-order valence-corrected chi connectivity index (χ4v) is 1.23. The van der Waals surface area contributed by atoms with Crippen LogP contribution in [0.4, 0.5) is 11.4 Å². The van der Waals surface area contributed by atoms with Gasteiger partial charge in [0.05, 0.1) is 4.92 Å². The van der Waals surface area contributed by atoms with Gasteiger partial charge in [0, 0.05) is 11.8 Å². The quantitative estimate of drug-likeness (QED) is 0.397. The van der Waals surface area contributed by atoms with Gasteiger partial charge in [0.1, 0.15) is 5.56 Å². The fourth-order valence-electron chi connectivity index (χ4n) is 1.11. The number of hydrogen-bond acceptors (Lipinski definition) is 4. The zero-order chi connectivity index (χ0) is 12.3. The number of nitrogens with zero attached hydrogens (tertiary/aromatic N) is 1. The molecule has 0 aliphatic heterocycles. The van der Waals surface area contributed by atoms with Crippen molar-refractivity contribution in [2.75, 3.05) is 5.32 Å². The van der Waals surface area contributed by atoms with Crippen LogP contribution in [0, 0.1) is 10.1 Å². The summed E-state index contributed by atoms with van der Waals surface area (Å²) in [6, 6.07) is 3.80. The van der Waals surface area contributed by atoms with Crippen molar-refractivity contribution >= 4 is 34.6 Å². The van der Waals surface area contributed by atoms with Crippen LogP contribution in [0.3, 0.4) is 0 Å². The van der Waals surface area contributed by atoms with E-state index in [4.69, 9.17) is 11.5 Å². The molecule has 0 fully saturated rings. The Morgan fingerprint density at radius 1 is 1.44 bits per heavy atom. The molecule has 0 aliphatic rings. The monoisotopic (exact) mass is 240 g/mol. The lowest BCUT2D eigenvalue weighted by molar-refractivity contribution is -0.385. The molecule has 0 radical (unpaired) electrons. The number of benzene rings is 1. The average Bonchev–Trinajstić information content (AvgIpc) is 2.16. The van der Waals surface area contributed by atoms with Crippen molar-refractivity contribution in [3.8, 4) is 0 Å². The normalized spacial score (nSPS) is 9.50.